The quantitative estimate of drug-likeness (QED) is 0.633. The third-order valence-corrected chi connectivity index (χ3v) is 4.61. The van der Waals surface area contributed by atoms with Gasteiger partial charge in [-0.3, -0.25) is 9.52 Å². The molecule has 146 valence electrons. The molecule has 2 aromatic carbocycles. The molecule has 3 aromatic rings. The van der Waals surface area contributed by atoms with E-state index < -0.39 is 15.9 Å². The highest BCUT2D eigenvalue weighted by atomic mass is 35.5. The van der Waals surface area contributed by atoms with Gasteiger partial charge in [0.1, 0.15) is 0 Å². The van der Waals surface area contributed by atoms with Crippen molar-refractivity contribution in [2.45, 2.75) is 13.5 Å². The number of aromatic nitrogens is 2. The average Bonchev–Trinajstić information content (AvgIpc) is 3.08. The summed E-state index contributed by atoms with van der Waals surface area (Å²) in [6, 6.07) is 11.9. The maximum atomic E-state index is 12.3. The molecule has 0 atom stereocenters. The van der Waals surface area contributed by atoms with Crippen LogP contribution in [0, 0.1) is 6.92 Å². The second-order valence-electron chi connectivity index (χ2n) is 6.13. The molecule has 0 unspecified atom stereocenters. The Morgan fingerprint density at radius 2 is 1.89 bits per heavy atom. The van der Waals surface area contributed by atoms with Crippen LogP contribution in [0.15, 0.2) is 47.0 Å². The second-order valence-corrected chi connectivity index (χ2v) is 8.28. The van der Waals surface area contributed by atoms with Crippen LogP contribution in [0.1, 0.15) is 21.8 Å². The summed E-state index contributed by atoms with van der Waals surface area (Å²) in [6.07, 6.45) is 1.02. The van der Waals surface area contributed by atoms with Crippen LogP contribution >= 0.6 is 11.6 Å². The summed E-state index contributed by atoms with van der Waals surface area (Å²) in [5.41, 5.74) is 2.39. The molecule has 0 fully saturated rings. The first-order valence-electron chi connectivity index (χ1n) is 8.16. The summed E-state index contributed by atoms with van der Waals surface area (Å²) in [5, 5.41) is 6.65. The van der Waals surface area contributed by atoms with Crippen molar-refractivity contribution in [2.75, 3.05) is 11.0 Å². The van der Waals surface area contributed by atoms with Gasteiger partial charge in [0, 0.05) is 11.3 Å². The Hall–Kier alpha value is -2.91. The minimum atomic E-state index is -3.43. The van der Waals surface area contributed by atoms with Gasteiger partial charge in [-0.25, -0.2) is 8.42 Å². The fourth-order valence-corrected chi connectivity index (χ4v) is 3.20. The largest absolute Gasteiger partial charge is 0.343 e. The highest BCUT2D eigenvalue weighted by molar-refractivity contribution is 7.92. The van der Waals surface area contributed by atoms with Crippen molar-refractivity contribution < 1.29 is 17.7 Å². The number of sulfonamides is 1. The fourth-order valence-electron chi connectivity index (χ4n) is 2.37. The zero-order valence-corrected chi connectivity index (χ0v) is 16.6. The second kappa shape index (κ2) is 7.99. The molecule has 1 aromatic heterocycles. The van der Waals surface area contributed by atoms with Gasteiger partial charge in [0.15, 0.2) is 0 Å². The van der Waals surface area contributed by atoms with Gasteiger partial charge in [-0.05, 0) is 25.1 Å². The molecule has 2 N–H and O–H groups in total. The summed E-state index contributed by atoms with van der Waals surface area (Å²) in [7, 11) is -3.43. The minimum absolute atomic E-state index is 0.0252. The number of rotatable bonds is 6. The normalized spacial score (nSPS) is 11.2. The summed E-state index contributed by atoms with van der Waals surface area (Å²) >= 11 is 6.08. The molecule has 0 aliphatic heterocycles. The fraction of sp³-hybridized carbons (Fsp3) is 0.167. The first kappa shape index (κ1) is 19.8. The van der Waals surface area contributed by atoms with Crippen molar-refractivity contribution in [1.29, 1.82) is 0 Å². The van der Waals surface area contributed by atoms with E-state index in [0.717, 1.165) is 17.4 Å². The summed E-state index contributed by atoms with van der Waals surface area (Å²) in [4.78, 5) is 16.6. The van der Waals surface area contributed by atoms with E-state index in [1.807, 2.05) is 31.2 Å². The molecular weight excluding hydrogens is 404 g/mol. The number of aryl methyl sites for hydroxylation is 1. The van der Waals surface area contributed by atoms with Crippen LogP contribution in [-0.2, 0) is 16.6 Å². The standard InChI is InChI=1S/C18H17ClN4O4S/c1-11-3-5-12(6-4-11)17-21-16(27-22-17)10-20-18(24)14-8-7-13(9-15(14)19)23-28(2,25)26/h3-9,23H,10H2,1-2H3,(H,20,24). The molecule has 3 rings (SSSR count). The zero-order valence-electron chi connectivity index (χ0n) is 15.1. The lowest BCUT2D eigenvalue weighted by Crippen LogP contribution is -2.23. The van der Waals surface area contributed by atoms with Gasteiger partial charge >= 0.3 is 0 Å². The van der Waals surface area contributed by atoms with E-state index in [0.29, 0.717) is 5.82 Å². The van der Waals surface area contributed by atoms with Gasteiger partial charge < -0.3 is 9.84 Å². The topological polar surface area (TPSA) is 114 Å². The van der Waals surface area contributed by atoms with Gasteiger partial charge in [0.2, 0.25) is 21.7 Å². The Labute approximate surface area is 167 Å². The molecule has 28 heavy (non-hydrogen) atoms. The number of anilines is 1. The number of halogens is 1. The lowest BCUT2D eigenvalue weighted by molar-refractivity contribution is 0.0946. The van der Waals surface area contributed by atoms with Crippen LogP contribution in [0.25, 0.3) is 11.4 Å². The number of amides is 1. The molecule has 0 radical (unpaired) electrons. The third-order valence-electron chi connectivity index (χ3n) is 3.69. The third kappa shape index (κ3) is 5.08. The van der Waals surface area contributed by atoms with E-state index in [9.17, 15) is 13.2 Å². The molecule has 8 nitrogen and oxygen atoms in total. The predicted molar refractivity (Wildman–Crippen MR) is 106 cm³/mol. The Kier molecular flexibility index (Phi) is 5.66. The average molecular weight is 421 g/mol. The molecule has 10 heteroatoms. The van der Waals surface area contributed by atoms with Gasteiger partial charge in [0.05, 0.1) is 23.4 Å². The first-order valence-corrected chi connectivity index (χ1v) is 10.4. The number of benzene rings is 2. The van der Waals surface area contributed by atoms with E-state index in [-0.39, 0.29) is 28.7 Å². The van der Waals surface area contributed by atoms with Gasteiger partial charge in [0.25, 0.3) is 5.91 Å². The van der Waals surface area contributed by atoms with Crippen LogP contribution < -0.4 is 10.0 Å². The summed E-state index contributed by atoms with van der Waals surface area (Å²) in [6.45, 7) is 2.01. The van der Waals surface area contributed by atoms with Gasteiger partial charge in [-0.1, -0.05) is 46.6 Å². The van der Waals surface area contributed by atoms with Crippen LogP contribution in [0.4, 0.5) is 5.69 Å². The molecule has 0 bridgehead atoms. The number of carbonyl (C=O) groups excluding carboxylic acids is 1. The van der Waals surface area contributed by atoms with Crippen LogP contribution in [0.2, 0.25) is 5.02 Å². The molecule has 0 saturated carbocycles. The van der Waals surface area contributed by atoms with E-state index in [4.69, 9.17) is 16.1 Å². The number of hydrogen-bond donors (Lipinski definition) is 2. The number of hydrogen-bond acceptors (Lipinski definition) is 6. The molecule has 1 heterocycles. The SMILES string of the molecule is Cc1ccc(-c2noc(CNC(=O)c3ccc(NS(C)(=O)=O)cc3Cl)n2)cc1. The van der Waals surface area contributed by atoms with Crippen molar-refractivity contribution in [3.8, 4) is 11.4 Å². The van der Waals surface area contributed by atoms with Crippen molar-refractivity contribution in [2.24, 2.45) is 0 Å². The molecule has 0 aliphatic carbocycles. The molecular formula is C18H17ClN4O4S. The van der Waals surface area contributed by atoms with Crippen molar-refractivity contribution in [3.05, 3.63) is 64.5 Å². The molecule has 0 aliphatic rings. The van der Waals surface area contributed by atoms with Crippen molar-refractivity contribution >= 4 is 33.2 Å². The number of carbonyl (C=O) groups is 1. The van der Waals surface area contributed by atoms with Gasteiger partial charge in [-0.15, -0.1) is 0 Å². The summed E-state index contributed by atoms with van der Waals surface area (Å²) < 4.78 is 30.0. The number of nitrogens with zero attached hydrogens (tertiary/aromatic N) is 2. The number of nitrogens with one attached hydrogen (secondary N) is 2. The van der Waals surface area contributed by atoms with Crippen molar-refractivity contribution in [3.63, 3.8) is 0 Å². The highest BCUT2D eigenvalue weighted by Crippen LogP contribution is 2.22. The predicted octanol–water partition coefficient (Wildman–Crippen LogP) is 3.00. The Morgan fingerprint density at radius 1 is 1.18 bits per heavy atom. The van der Waals surface area contributed by atoms with E-state index in [2.05, 4.69) is 20.2 Å². The molecule has 0 saturated heterocycles. The summed E-state index contributed by atoms with van der Waals surface area (Å²) in [5.74, 6) is 0.222. The zero-order chi connectivity index (χ0) is 20.3. The van der Waals surface area contributed by atoms with E-state index in [1.165, 1.54) is 18.2 Å². The van der Waals surface area contributed by atoms with E-state index in [1.54, 1.807) is 0 Å². The Bertz CT molecular complexity index is 1110. The minimum Gasteiger partial charge on any atom is -0.343 e. The lowest BCUT2D eigenvalue weighted by Gasteiger charge is -2.08. The van der Waals surface area contributed by atoms with Crippen molar-refractivity contribution in [1.82, 2.24) is 15.5 Å². The Morgan fingerprint density at radius 3 is 2.54 bits per heavy atom. The Balaban J connectivity index is 1.65. The first-order chi connectivity index (χ1) is 13.2. The highest BCUT2D eigenvalue weighted by Gasteiger charge is 2.14. The lowest BCUT2D eigenvalue weighted by atomic mass is 10.1. The van der Waals surface area contributed by atoms with Crippen LogP contribution in [0.5, 0.6) is 0 Å². The molecule has 0 spiro atoms. The monoisotopic (exact) mass is 420 g/mol. The van der Waals surface area contributed by atoms with Crippen LogP contribution in [0.3, 0.4) is 0 Å². The smallest absolute Gasteiger partial charge is 0.253 e. The van der Waals surface area contributed by atoms with Gasteiger partial charge in [-0.2, -0.15) is 4.98 Å². The van der Waals surface area contributed by atoms with Crippen LogP contribution in [-0.4, -0.2) is 30.7 Å². The maximum absolute atomic E-state index is 12.3. The van der Waals surface area contributed by atoms with E-state index >= 15 is 0 Å². The molecule has 1 amide bonds. The maximum Gasteiger partial charge on any atom is 0.253 e.